The molecule has 0 aromatic carbocycles. The minimum Gasteiger partial charge on any atom is -0.325 e. The third-order valence-corrected chi connectivity index (χ3v) is 3.97. The maximum absolute atomic E-state index is 12.4. The van der Waals surface area contributed by atoms with E-state index in [4.69, 9.17) is 0 Å². The number of carbonyl (C=O) groups excluding carboxylic acids is 1. The van der Waals surface area contributed by atoms with Gasteiger partial charge in [0, 0.05) is 25.7 Å². The second kappa shape index (κ2) is 5.55. The molecule has 0 aromatic heterocycles. The lowest BCUT2D eigenvalue weighted by Gasteiger charge is -2.39. The predicted molar refractivity (Wildman–Crippen MR) is 65.5 cm³/mol. The molecule has 2 amide bonds. The highest BCUT2D eigenvalue weighted by molar-refractivity contribution is 5.75. The first kappa shape index (κ1) is 11.7. The highest BCUT2D eigenvalue weighted by atomic mass is 16.2. The molecule has 0 N–H and O–H groups in total. The lowest BCUT2D eigenvalue weighted by atomic mass is 10.0. The van der Waals surface area contributed by atoms with Crippen molar-refractivity contribution in [2.45, 2.75) is 57.9 Å². The van der Waals surface area contributed by atoms with Crippen molar-refractivity contribution < 1.29 is 4.79 Å². The van der Waals surface area contributed by atoms with Crippen LogP contribution in [0.2, 0.25) is 0 Å². The lowest BCUT2D eigenvalue weighted by molar-refractivity contribution is 0.107. The average molecular weight is 224 g/mol. The molecule has 0 spiro atoms. The van der Waals surface area contributed by atoms with E-state index >= 15 is 0 Å². The van der Waals surface area contributed by atoms with Gasteiger partial charge in [-0.1, -0.05) is 6.92 Å². The Kier molecular flexibility index (Phi) is 4.08. The summed E-state index contributed by atoms with van der Waals surface area (Å²) in [5.41, 5.74) is 0. The first-order valence-corrected chi connectivity index (χ1v) is 6.88. The zero-order valence-electron chi connectivity index (χ0n) is 10.5. The average Bonchev–Trinajstić information content (AvgIpc) is 2.39. The largest absolute Gasteiger partial charge is 0.325 e. The molecule has 2 aliphatic rings. The van der Waals surface area contributed by atoms with E-state index in [9.17, 15) is 4.79 Å². The number of amides is 2. The highest BCUT2D eigenvalue weighted by Crippen LogP contribution is 2.22. The molecule has 1 unspecified atom stereocenters. The van der Waals surface area contributed by atoms with E-state index in [1.807, 2.05) is 0 Å². The van der Waals surface area contributed by atoms with Gasteiger partial charge in [-0.3, -0.25) is 0 Å². The summed E-state index contributed by atoms with van der Waals surface area (Å²) in [5.74, 6) is 0. The molecule has 16 heavy (non-hydrogen) atoms. The van der Waals surface area contributed by atoms with Gasteiger partial charge in [0.1, 0.15) is 0 Å². The monoisotopic (exact) mass is 224 g/mol. The van der Waals surface area contributed by atoms with Crippen molar-refractivity contribution in [2.24, 2.45) is 0 Å². The van der Waals surface area contributed by atoms with Gasteiger partial charge < -0.3 is 9.80 Å². The summed E-state index contributed by atoms with van der Waals surface area (Å²) in [5, 5.41) is 0. The molecule has 2 heterocycles. The standard InChI is InChI=1S/C13H24N2O/c1-2-12-8-4-7-11-15(12)13(16)14-9-5-3-6-10-14/h12H,2-11H2,1H3. The van der Waals surface area contributed by atoms with Crippen LogP contribution in [0.3, 0.4) is 0 Å². The van der Waals surface area contributed by atoms with Crippen LogP contribution in [0.15, 0.2) is 0 Å². The second-order valence-electron chi connectivity index (χ2n) is 5.08. The summed E-state index contributed by atoms with van der Waals surface area (Å²) in [6.07, 6.45) is 8.47. The molecule has 2 aliphatic heterocycles. The van der Waals surface area contributed by atoms with Crippen LogP contribution in [0.4, 0.5) is 4.79 Å². The van der Waals surface area contributed by atoms with Crippen LogP contribution < -0.4 is 0 Å². The number of piperidine rings is 2. The maximum atomic E-state index is 12.4. The van der Waals surface area contributed by atoms with E-state index in [1.165, 1.54) is 38.5 Å². The Morgan fingerprint density at radius 2 is 1.75 bits per heavy atom. The minimum absolute atomic E-state index is 0.311. The summed E-state index contributed by atoms with van der Waals surface area (Å²) in [6.45, 7) is 5.14. The molecular weight excluding hydrogens is 200 g/mol. The van der Waals surface area contributed by atoms with Crippen LogP contribution in [0.5, 0.6) is 0 Å². The quantitative estimate of drug-likeness (QED) is 0.672. The van der Waals surface area contributed by atoms with Crippen LogP contribution in [0.25, 0.3) is 0 Å². The fourth-order valence-electron chi connectivity index (χ4n) is 2.94. The van der Waals surface area contributed by atoms with E-state index in [-0.39, 0.29) is 0 Å². The van der Waals surface area contributed by atoms with Crippen molar-refractivity contribution in [1.82, 2.24) is 9.80 Å². The molecule has 2 fully saturated rings. The molecule has 2 rings (SSSR count). The Bertz CT molecular complexity index is 236. The Morgan fingerprint density at radius 1 is 1.06 bits per heavy atom. The Balaban J connectivity index is 1.95. The van der Waals surface area contributed by atoms with Gasteiger partial charge in [-0.2, -0.15) is 0 Å². The van der Waals surface area contributed by atoms with Crippen molar-refractivity contribution in [3.63, 3.8) is 0 Å². The fraction of sp³-hybridized carbons (Fsp3) is 0.923. The first-order valence-electron chi connectivity index (χ1n) is 6.88. The van der Waals surface area contributed by atoms with Gasteiger partial charge in [0.2, 0.25) is 0 Å². The second-order valence-corrected chi connectivity index (χ2v) is 5.08. The molecule has 0 aliphatic carbocycles. The van der Waals surface area contributed by atoms with Crippen molar-refractivity contribution in [3.8, 4) is 0 Å². The van der Waals surface area contributed by atoms with Crippen LogP contribution >= 0.6 is 0 Å². The predicted octanol–water partition coefficient (Wildman–Crippen LogP) is 2.86. The number of rotatable bonds is 1. The van der Waals surface area contributed by atoms with Crippen molar-refractivity contribution in [1.29, 1.82) is 0 Å². The zero-order chi connectivity index (χ0) is 11.4. The first-order chi connectivity index (χ1) is 7.83. The molecule has 0 saturated carbocycles. The summed E-state index contributed by atoms with van der Waals surface area (Å²) < 4.78 is 0. The van der Waals surface area contributed by atoms with E-state index in [1.54, 1.807) is 0 Å². The third-order valence-electron chi connectivity index (χ3n) is 3.97. The topological polar surface area (TPSA) is 23.6 Å². The number of likely N-dealkylation sites (tertiary alicyclic amines) is 2. The van der Waals surface area contributed by atoms with Crippen LogP contribution in [0, 0.1) is 0 Å². The van der Waals surface area contributed by atoms with E-state index in [0.29, 0.717) is 12.1 Å². The number of nitrogens with zero attached hydrogens (tertiary/aromatic N) is 2. The highest BCUT2D eigenvalue weighted by Gasteiger charge is 2.29. The van der Waals surface area contributed by atoms with Crippen molar-refractivity contribution in [3.05, 3.63) is 0 Å². The minimum atomic E-state index is 0.311. The molecule has 92 valence electrons. The van der Waals surface area contributed by atoms with Crippen LogP contribution in [0.1, 0.15) is 51.9 Å². The fourth-order valence-corrected chi connectivity index (χ4v) is 2.94. The molecule has 3 heteroatoms. The summed E-state index contributed by atoms with van der Waals surface area (Å²) in [6, 6.07) is 0.814. The molecule has 2 saturated heterocycles. The van der Waals surface area contributed by atoms with Gasteiger partial charge >= 0.3 is 6.03 Å². The number of urea groups is 1. The van der Waals surface area contributed by atoms with Gasteiger partial charge in [0.25, 0.3) is 0 Å². The van der Waals surface area contributed by atoms with Gasteiger partial charge in [0.15, 0.2) is 0 Å². The van der Waals surface area contributed by atoms with E-state index < -0.39 is 0 Å². The van der Waals surface area contributed by atoms with E-state index in [2.05, 4.69) is 16.7 Å². The molecule has 3 nitrogen and oxygen atoms in total. The third kappa shape index (κ3) is 2.50. The Hall–Kier alpha value is -0.730. The molecule has 0 bridgehead atoms. The summed E-state index contributed by atoms with van der Waals surface area (Å²) in [7, 11) is 0. The van der Waals surface area contributed by atoms with Crippen LogP contribution in [-0.2, 0) is 0 Å². The normalized spacial score (nSPS) is 26.9. The SMILES string of the molecule is CCC1CCCCN1C(=O)N1CCCCC1. The van der Waals surface area contributed by atoms with Gasteiger partial charge in [0.05, 0.1) is 0 Å². The molecule has 0 radical (unpaired) electrons. The number of hydrogen-bond donors (Lipinski definition) is 0. The summed E-state index contributed by atoms with van der Waals surface area (Å²) in [4.78, 5) is 16.6. The smallest absolute Gasteiger partial charge is 0.320 e. The van der Waals surface area contributed by atoms with Gasteiger partial charge in [-0.25, -0.2) is 4.79 Å². The van der Waals surface area contributed by atoms with Crippen molar-refractivity contribution in [2.75, 3.05) is 19.6 Å². The zero-order valence-corrected chi connectivity index (χ0v) is 10.5. The Morgan fingerprint density at radius 3 is 2.44 bits per heavy atom. The summed E-state index contributed by atoms with van der Waals surface area (Å²) >= 11 is 0. The number of carbonyl (C=O) groups is 1. The lowest BCUT2D eigenvalue weighted by Crippen LogP contribution is -2.51. The Labute approximate surface area is 98.8 Å². The van der Waals surface area contributed by atoms with Crippen molar-refractivity contribution >= 4 is 6.03 Å². The van der Waals surface area contributed by atoms with E-state index in [0.717, 1.165) is 26.1 Å². The van der Waals surface area contributed by atoms with Gasteiger partial charge in [-0.05, 0) is 44.9 Å². The van der Waals surface area contributed by atoms with Crippen LogP contribution in [-0.4, -0.2) is 41.5 Å². The molecule has 0 aromatic rings. The molecular formula is C13H24N2O. The molecule has 1 atom stereocenters. The number of hydrogen-bond acceptors (Lipinski definition) is 1. The maximum Gasteiger partial charge on any atom is 0.320 e. The van der Waals surface area contributed by atoms with Gasteiger partial charge in [-0.15, -0.1) is 0 Å².